The number of morpholine rings is 1. The van der Waals surface area contributed by atoms with Crippen molar-refractivity contribution in [2.24, 2.45) is 0 Å². The predicted molar refractivity (Wildman–Crippen MR) is 93.0 cm³/mol. The number of aliphatic hydroxyl groups excluding tert-OH is 1. The molecule has 2 aliphatic rings. The molecule has 1 heterocycles. The van der Waals surface area contributed by atoms with Gasteiger partial charge in [0.15, 0.2) is 0 Å². The molecule has 1 aromatic rings. The van der Waals surface area contributed by atoms with E-state index in [0.29, 0.717) is 26.3 Å². The van der Waals surface area contributed by atoms with Crippen LogP contribution < -0.4 is 5.32 Å². The summed E-state index contributed by atoms with van der Waals surface area (Å²) in [6.07, 6.45) is 2.38. The van der Waals surface area contributed by atoms with Crippen LogP contribution in [0.4, 0.5) is 0 Å². The maximum Gasteiger partial charge on any atom is 0.230 e. The zero-order valence-electron chi connectivity index (χ0n) is 14.5. The molecular weight excluding hydrogens is 304 g/mol. The highest BCUT2D eigenvalue weighted by atomic mass is 16.5. The average Bonchev–Trinajstić information content (AvgIpc) is 2.61. The van der Waals surface area contributed by atoms with Crippen LogP contribution in [-0.4, -0.2) is 61.4 Å². The van der Waals surface area contributed by atoms with Crippen LogP contribution in [0.25, 0.3) is 0 Å². The summed E-state index contributed by atoms with van der Waals surface area (Å²) in [6.45, 7) is 6.02. The molecule has 0 aromatic heterocycles. The molecule has 5 nitrogen and oxygen atoms in total. The lowest BCUT2D eigenvalue weighted by atomic mass is 9.70. The Morgan fingerprint density at radius 1 is 1.38 bits per heavy atom. The van der Waals surface area contributed by atoms with E-state index in [1.165, 1.54) is 5.56 Å². The summed E-state index contributed by atoms with van der Waals surface area (Å²) in [7, 11) is 0. The first kappa shape index (κ1) is 17.4. The fourth-order valence-corrected chi connectivity index (χ4v) is 3.83. The third-order valence-electron chi connectivity index (χ3n) is 5.31. The minimum atomic E-state index is -0.547. The Hall–Kier alpha value is -1.43. The Kier molecular flexibility index (Phi) is 5.54. The molecule has 0 saturated carbocycles. The number of aliphatic hydroxyl groups is 1. The number of fused-ring (bicyclic) bond motifs is 1. The number of amides is 1. The van der Waals surface area contributed by atoms with Crippen LogP contribution in [0, 0.1) is 0 Å². The highest BCUT2D eigenvalue weighted by Crippen LogP contribution is 2.37. The Morgan fingerprint density at radius 2 is 2.12 bits per heavy atom. The quantitative estimate of drug-likeness (QED) is 0.847. The van der Waals surface area contributed by atoms with E-state index in [1.807, 2.05) is 19.1 Å². The molecule has 1 saturated heterocycles. The van der Waals surface area contributed by atoms with Crippen molar-refractivity contribution < 1.29 is 14.6 Å². The van der Waals surface area contributed by atoms with E-state index in [2.05, 4.69) is 22.3 Å². The van der Waals surface area contributed by atoms with Crippen molar-refractivity contribution >= 4 is 5.91 Å². The minimum absolute atomic E-state index is 0.0238. The van der Waals surface area contributed by atoms with E-state index in [-0.39, 0.29) is 5.91 Å². The van der Waals surface area contributed by atoms with Crippen LogP contribution in [0.3, 0.4) is 0 Å². The Balaban J connectivity index is 1.57. The smallest absolute Gasteiger partial charge is 0.230 e. The SMILES string of the molecule is CC1(C(=O)NCC(O)CN2CCOCC2)CCCc2ccccc21. The van der Waals surface area contributed by atoms with Gasteiger partial charge in [0.2, 0.25) is 5.91 Å². The van der Waals surface area contributed by atoms with Crippen LogP contribution in [0.5, 0.6) is 0 Å². The molecule has 1 amide bonds. The molecule has 3 rings (SSSR count). The van der Waals surface area contributed by atoms with Crippen molar-refractivity contribution in [2.75, 3.05) is 39.4 Å². The monoisotopic (exact) mass is 332 g/mol. The lowest BCUT2D eigenvalue weighted by Crippen LogP contribution is -2.49. The third kappa shape index (κ3) is 3.79. The first-order valence-corrected chi connectivity index (χ1v) is 8.94. The molecule has 24 heavy (non-hydrogen) atoms. The van der Waals surface area contributed by atoms with E-state index in [0.717, 1.165) is 37.9 Å². The van der Waals surface area contributed by atoms with Gasteiger partial charge in [-0.3, -0.25) is 9.69 Å². The van der Waals surface area contributed by atoms with Gasteiger partial charge < -0.3 is 15.2 Å². The number of β-amino-alcohol motifs (C(OH)–C–C–N with tert-alkyl or cyclic N) is 1. The fourth-order valence-electron chi connectivity index (χ4n) is 3.83. The number of nitrogens with zero attached hydrogens (tertiary/aromatic N) is 1. The Bertz CT molecular complexity index is 571. The number of ether oxygens (including phenoxy) is 1. The van der Waals surface area contributed by atoms with Crippen LogP contribution in [0.2, 0.25) is 0 Å². The largest absolute Gasteiger partial charge is 0.390 e. The maximum atomic E-state index is 12.8. The van der Waals surface area contributed by atoms with Gasteiger partial charge in [0, 0.05) is 26.2 Å². The Labute approximate surface area is 144 Å². The second kappa shape index (κ2) is 7.64. The summed E-state index contributed by atoms with van der Waals surface area (Å²) in [4.78, 5) is 15.0. The van der Waals surface area contributed by atoms with Gasteiger partial charge >= 0.3 is 0 Å². The van der Waals surface area contributed by atoms with Crippen molar-refractivity contribution in [1.29, 1.82) is 0 Å². The van der Waals surface area contributed by atoms with Gasteiger partial charge in [-0.1, -0.05) is 24.3 Å². The molecule has 0 radical (unpaired) electrons. The van der Waals surface area contributed by atoms with Crippen molar-refractivity contribution in [1.82, 2.24) is 10.2 Å². The summed E-state index contributed by atoms with van der Waals surface area (Å²) >= 11 is 0. The minimum Gasteiger partial charge on any atom is -0.390 e. The lowest BCUT2D eigenvalue weighted by molar-refractivity contribution is -0.127. The standard InChI is InChI=1S/C19H28N2O3/c1-19(8-4-6-15-5-2-3-7-17(15)19)18(23)20-13-16(22)14-21-9-11-24-12-10-21/h2-3,5,7,16,22H,4,6,8-14H2,1H3,(H,20,23). The number of rotatable bonds is 5. The number of carbonyl (C=O) groups is 1. The second-order valence-corrected chi connectivity index (χ2v) is 7.12. The molecular formula is C19H28N2O3. The number of nitrogens with one attached hydrogen (secondary N) is 1. The maximum absolute atomic E-state index is 12.8. The lowest BCUT2D eigenvalue weighted by Gasteiger charge is -2.35. The highest BCUT2D eigenvalue weighted by Gasteiger charge is 2.38. The van der Waals surface area contributed by atoms with Gasteiger partial charge in [0.1, 0.15) is 0 Å². The van der Waals surface area contributed by atoms with Gasteiger partial charge in [-0.05, 0) is 37.3 Å². The molecule has 1 aliphatic carbocycles. The Morgan fingerprint density at radius 3 is 2.92 bits per heavy atom. The van der Waals surface area contributed by atoms with Crippen LogP contribution >= 0.6 is 0 Å². The van der Waals surface area contributed by atoms with E-state index in [1.54, 1.807) is 0 Å². The molecule has 2 unspecified atom stereocenters. The van der Waals surface area contributed by atoms with E-state index >= 15 is 0 Å². The van der Waals surface area contributed by atoms with Gasteiger partial charge in [0.05, 0.1) is 24.7 Å². The average molecular weight is 332 g/mol. The molecule has 0 bridgehead atoms. The molecule has 132 valence electrons. The second-order valence-electron chi connectivity index (χ2n) is 7.12. The number of carbonyl (C=O) groups excluding carboxylic acids is 1. The molecule has 1 aromatic carbocycles. The van der Waals surface area contributed by atoms with E-state index < -0.39 is 11.5 Å². The van der Waals surface area contributed by atoms with Gasteiger partial charge in [0.25, 0.3) is 0 Å². The van der Waals surface area contributed by atoms with Crippen molar-refractivity contribution in [3.8, 4) is 0 Å². The predicted octanol–water partition coefficient (Wildman–Crippen LogP) is 1.09. The summed E-state index contributed by atoms with van der Waals surface area (Å²) in [6, 6.07) is 8.23. The van der Waals surface area contributed by atoms with E-state index in [4.69, 9.17) is 4.74 Å². The summed E-state index contributed by atoms with van der Waals surface area (Å²) in [5, 5.41) is 13.2. The molecule has 0 spiro atoms. The fraction of sp³-hybridized carbons (Fsp3) is 0.632. The number of benzene rings is 1. The normalized spacial score (nSPS) is 25.8. The van der Waals surface area contributed by atoms with Gasteiger partial charge in [-0.25, -0.2) is 0 Å². The zero-order chi connectivity index (χ0) is 17.0. The topological polar surface area (TPSA) is 61.8 Å². The van der Waals surface area contributed by atoms with Crippen molar-refractivity contribution in [3.05, 3.63) is 35.4 Å². The van der Waals surface area contributed by atoms with E-state index in [9.17, 15) is 9.90 Å². The van der Waals surface area contributed by atoms with Crippen LogP contribution in [0.15, 0.2) is 24.3 Å². The first-order chi connectivity index (χ1) is 11.6. The van der Waals surface area contributed by atoms with Gasteiger partial charge in [-0.2, -0.15) is 0 Å². The van der Waals surface area contributed by atoms with Crippen molar-refractivity contribution in [3.63, 3.8) is 0 Å². The number of hydrogen-bond donors (Lipinski definition) is 2. The van der Waals surface area contributed by atoms with Crippen LogP contribution in [-0.2, 0) is 21.4 Å². The zero-order valence-corrected chi connectivity index (χ0v) is 14.5. The summed E-state index contributed by atoms with van der Waals surface area (Å²) in [5.41, 5.74) is 1.92. The van der Waals surface area contributed by atoms with Crippen molar-refractivity contribution in [2.45, 2.75) is 37.7 Å². The summed E-state index contributed by atoms with van der Waals surface area (Å²) in [5.74, 6) is 0.0238. The third-order valence-corrected chi connectivity index (χ3v) is 5.31. The highest BCUT2D eigenvalue weighted by molar-refractivity contribution is 5.88. The molecule has 2 N–H and O–H groups in total. The first-order valence-electron chi connectivity index (χ1n) is 8.94. The molecule has 1 fully saturated rings. The number of hydrogen-bond acceptors (Lipinski definition) is 4. The number of aryl methyl sites for hydroxylation is 1. The van der Waals surface area contributed by atoms with Crippen LogP contribution in [0.1, 0.15) is 30.9 Å². The molecule has 5 heteroatoms. The molecule has 2 atom stereocenters. The summed E-state index contributed by atoms with van der Waals surface area (Å²) < 4.78 is 5.31. The molecule has 1 aliphatic heterocycles. The van der Waals surface area contributed by atoms with Gasteiger partial charge in [-0.15, -0.1) is 0 Å².